The summed E-state index contributed by atoms with van der Waals surface area (Å²) in [5, 5.41) is 3.03. The van der Waals surface area contributed by atoms with E-state index in [1.165, 1.54) is 12.1 Å². The largest absolute Gasteiger partial charge is 0.339 e. The molecule has 4 nitrogen and oxygen atoms in total. The van der Waals surface area contributed by atoms with Gasteiger partial charge in [-0.05, 0) is 30.3 Å². The fourth-order valence-electron chi connectivity index (χ4n) is 2.32. The molecule has 6 heteroatoms. The van der Waals surface area contributed by atoms with Crippen molar-refractivity contribution in [2.24, 2.45) is 0 Å². The summed E-state index contributed by atoms with van der Waals surface area (Å²) < 4.78 is 13.3. The van der Waals surface area contributed by atoms with E-state index in [9.17, 15) is 9.18 Å². The minimum Gasteiger partial charge on any atom is -0.339 e. The van der Waals surface area contributed by atoms with Crippen LogP contribution in [0.2, 0.25) is 0 Å². The SMILES string of the molecule is O=C(c1cccnc1Nc1cccc(F)c1)N1CCSCC1. The second-order valence-electron chi connectivity index (χ2n) is 4.94. The van der Waals surface area contributed by atoms with E-state index < -0.39 is 0 Å². The zero-order chi connectivity index (χ0) is 15.4. The second-order valence-corrected chi connectivity index (χ2v) is 6.16. The standard InChI is InChI=1S/C16H16FN3OS/c17-12-3-1-4-13(11-12)19-15-14(5-2-6-18-15)16(21)20-7-9-22-10-8-20/h1-6,11H,7-10H2,(H,18,19). The monoisotopic (exact) mass is 317 g/mol. The molecule has 0 unspecified atom stereocenters. The molecule has 1 aliphatic heterocycles. The molecule has 0 saturated carbocycles. The molecule has 114 valence electrons. The lowest BCUT2D eigenvalue weighted by Crippen LogP contribution is -2.38. The maximum Gasteiger partial charge on any atom is 0.257 e. The fraction of sp³-hybridized carbons (Fsp3) is 0.250. The first-order valence-corrected chi connectivity index (χ1v) is 8.24. The Morgan fingerprint density at radius 1 is 1.23 bits per heavy atom. The molecule has 0 aliphatic carbocycles. The Labute approximate surface area is 132 Å². The third kappa shape index (κ3) is 3.39. The van der Waals surface area contributed by atoms with Crippen LogP contribution in [0.4, 0.5) is 15.9 Å². The summed E-state index contributed by atoms with van der Waals surface area (Å²) in [6, 6.07) is 9.59. The molecular weight excluding hydrogens is 301 g/mol. The van der Waals surface area contributed by atoms with E-state index in [2.05, 4.69) is 10.3 Å². The van der Waals surface area contributed by atoms with Crippen LogP contribution in [0.3, 0.4) is 0 Å². The van der Waals surface area contributed by atoms with Crippen LogP contribution in [0.15, 0.2) is 42.6 Å². The van der Waals surface area contributed by atoms with Crippen molar-refractivity contribution in [1.82, 2.24) is 9.88 Å². The lowest BCUT2D eigenvalue weighted by Gasteiger charge is -2.27. The number of pyridine rings is 1. The Hall–Kier alpha value is -2.08. The molecule has 0 atom stereocenters. The van der Waals surface area contributed by atoms with E-state index in [4.69, 9.17) is 0 Å². The lowest BCUT2D eigenvalue weighted by atomic mass is 10.2. The van der Waals surface area contributed by atoms with Gasteiger partial charge in [-0.15, -0.1) is 0 Å². The minimum atomic E-state index is -0.332. The Balaban J connectivity index is 1.84. The first-order valence-electron chi connectivity index (χ1n) is 7.09. The number of nitrogens with zero attached hydrogens (tertiary/aromatic N) is 2. The number of nitrogens with one attached hydrogen (secondary N) is 1. The van der Waals surface area contributed by atoms with Crippen LogP contribution in [0.5, 0.6) is 0 Å². The van der Waals surface area contributed by atoms with Crippen molar-refractivity contribution in [2.45, 2.75) is 0 Å². The Morgan fingerprint density at radius 3 is 2.82 bits per heavy atom. The number of carbonyl (C=O) groups is 1. The number of thioether (sulfide) groups is 1. The van der Waals surface area contributed by atoms with Crippen LogP contribution in [0.1, 0.15) is 10.4 Å². The van der Waals surface area contributed by atoms with Crippen molar-refractivity contribution in [3.63, 3.8) is 0 Å². The number of benzene rings is 1. The van der Waals surface area contributed by atoms with Crippen LogP contribution in [0, 0.1) is 5.82 Å². The van der Waals surface area contributed by atoms with Crippen molar-refractivity contribution in [3.8, 4) is 0 Å². The van der Waals surface area contributed by atoms with Gasteiger partial charge in [0.2, 0.25) is 0 Å². The predicted octanol–water partition coefficient (Wildman–Crippen LogP) is 3.15. The third-order valence-electron chi connectivity index (χ3n) is 3.42. The average molecular weight is 317 g/mol. The van der Waals surface area contributed by atoms with Gasteiger partial charge < -0.3 is 10.2 Å². The molecular formula is C16H16FN3OS. The zero-order valence-corrected chi connectivity index (χ0v) is 12.8. The second kappa shape index (κ2) is 6.79. The van der Waals surface area contributed by atoms with Gasteiger partial charge in [-0.25, -0.2) is 9.37 Å². The van der Waals surface area contributed by atoms with Gasteiger partial charge in [0, 0.05) is 36.5 Å². The normalized spacial score (nSPS) is 14.7. The van der Waals surface area contributed by atoms with E-state index in [1.807, 2.05) is 16.7 Å². The van der Waals surface area contributed by atoms with Crippen LogP contribution < -0.4 is 5.32 Å². The highest BCUT2D eigenvalue weighted by Gasteiger charge is 2.21. The molecule has 1 amide bonds. The number of rotatable bonds is 3. The number of aromatic nitrogens is 1. The van der Waals surface area contributed by atoms with E-state index in [-0.39, 0.29) is 11.7 Å². The molecule has 2 heterocycles. The van der Waals surface area contributed by atoms with Gasteiger partial charge in [0.15, 0.2) is 0 Å². The van der Waals surface area contributed by atoms with Gasteiger partial charge in [0.05, 0.1) is 5.56 Å². The third-order valence-corrected chi connectivity index (χ3v) is 4.37. The molecule has 2 aromatic rings. The average Bonchev–Trinajstić information content (AvgIpc) is 2.56. The molecule has 1 saturated heterocycles. The summed E-state index contributed by atoms with van der Waals surface area (Å²) in [5.74, 6) is 2.00. The molecule has 3 rings (SSSR count). The summed E-state index contributed by atoms with van der Waals surface area (Å²) in [6.07, 6.45) is 1.62. The van der Waals surface area contributed by atoms with Gasteiger partial charge in [-0.2, -0.15) is 11.8 Å². The van der Waals surface area contributed by atoms with Gasteiger partial charge in [0.1, 0.15) is 11.6 Å². The number of anilines is 2. The number of halogens is 1. The molecule has 1 aromatic carbocycles. The van der Waals surface area contributed by atoms with Crippen LogP contribution in [-0.2, 0) is 0 Å². The summed E-state index contributed by atoms with van der Waals surface area (Å²) in [5.41, 5.74) is 1.08. The molecule has 0 radical (unpaired) electrons. The zero-order valence-electron chi connectivity index (χ0n) is 12.0. The van der Waals surface area contributed by atoms with Gasteiger partial charge in [-0.1, -0.05) is 6.07 Å². The van der Waals surface area contributed by atoms with Crippen LogP contribution in [-0.4, -0.2) is 40.4 Å². The molecule has 1 fully saturated rings. The number of hydrogen-bond donors (Lipinski definition) is 1. The maximum absolute atomic E-state index is 13.3. The molecule has 0 spiro atoms. The van der Waals surface area contributed by atoms with E-state index in [0.717, 1.165) is 24.6 Å². The summed E-state index contributed by atoms with van der Waals surface area (Å²) >= 11 is 1.85. The number of hydrogen-bond acceptors (Lipinski definition) is 4. The maximum atomic E-state index is 13.3. The van der Waals surface area contributed by atoms with Crippen LogP contribution in [0.25, 0.3) is 0 Å². The Bertz CT molecular complexity index is 674. The van der Waals surface area contributed by atoms with E-state index in [0.29, 0.717) is 17.1 Å². The first-order chi connectivity index (χ1) is 10.7. The Kier molecular flexibility index (Phi) is 4.58. The molecule has 0 bridgehead atoms. The molecule has 1 aliphatic rings. The smallest absolute Gasteiger partial charge is 0.257 e. The highest BCUT2D eigenvalue weighted by molar-refractivity contribution is 7.99. The van der Waals surface area contributed by atoms with E-state index in [1.54, 1.807) is 30.5 Å². The quantitative estimate of drug-likeness (QED) is 0.944. The summed E-state index contributed by atoms with van der Waals surface area (Å²) in [4.78, 5) is 18.7. The topological polar surface area (TPSA) is 45.2 Å². The van der Waals surface area contributed by atoms with E-state index >= 15 is 0 Å². The van der Waals surface area contributed by atoms with Crippen molar-refractivity contribution in [2.75, 3.05) is 29.9 Å². The summed E-state index contributed by atoms with van der Waals surface area (Å²) in [6.45, 7) is 1.50. The molecule has 1 aromatic heterocycles. The highest BCUT2D eigenvalue weighted by atomic mass is 32.2. The van der Waals surface area contributed by atoms with Crippen LogP contribution >= 0.6 is 11.8 Å². The lowest BCUT2D eigenvalue weighted by molar-refractivity contribution is 0.0773. The Morgan fingerprint density at radius 2 is 2.05 bits per heavy atom. The summed E-state index contributed by atoms with van der Waals surface area (Å²) in [7, 11) is 0. The van der Waals surface area contributed by atoms with Gasteiger partial charge in [0.25, 0.3) is 5.91 Å². The minimum absolute atomic E-state index is 0.0349. The van der Waals surface area contributed by atoms with Crippen molar-refractivity contribution < 1.29 is 9.18 Å². The fourth-order valence-corrected chi connectivity index (χ4v) is 3.22. The van der Waals surface area contributed by atoms with Gasteiger partial charge in [-0.3, -0.25) is 4.79 Å². The number of carbonyl (C=O) groups excluding carboxylic acids is 1. The van der Waals surface area contributed by atoms with Crippen molar-refractivity contribution in [1.29, 1.82) is 0 Å². The predicted molar refractivity (Wildman–Crippen MR) is 87.1 cm³/mol. The van der Waals surface area contributed by atoms with Crippen molar-refractivity contribution >= 4 is 29.2 Å². The number of amides is 1. The van der Waals surface area contributed by atoms with Crippen molar-refractivity contribution in [3.05, 3.63) is 54.0 Å². The first kappa shape index (κ1) is 14.8. The van der Waals surface area contributed by atoms with Gasteiger partial charge >= 0.3 is 0 Å². The molecule has 1 N–H and O–H groups in total. The highest BCUT2D eigenvalue weighted by Crippen LogP contribution is 2.21. The molecule has 22 heavy (non-hydrogen) atoms.